The predicted octanol–water partition coefficient (Wildman–Crippen LogP) is 5.15. The van der Waals surface area contributed by atoms with E-state index in [2.05, 4.69) is 34.7 Å². The molecule has 2 aliphatic rings. The van der Waals surface area contributed by atoms with E-state index >= 15 is 0 Å². The van der Waals surface area contributed by atoms with E-state index in [9.17, 15) is 5.11 Å². The molecular weight excluding hydrogens is 450 g/mol. The molecule has 4 aromatic rings. The Hall–Kier alpha value is -2.42. The van der Waals surface area contributed by atoms with Crippen molar-refractivity contribution >= 4 is 39.1 Å². The van der Waals surface area contributed by atoms with Gasteiger partial charge < -0.3 is 10.4 Å². The fraction of sp³-hybridized carbons (Fsp3) is 0.400. The van der Waals surface area contributed by atoms with Crippen LogP contribution in [0.5, 0.6) is 0 Å². The quantitative estimate of drug-likeness (QED) is 0.359. The van der Waals surface area contributed by atoms with Crippen LogP contribution in [0.25, 0.3) is 10.2 Å². The van der Waals surface area contributed by atoms with Crippen LogP contribution in [0.4, 0.5) is 5.82 Å². The van der Waals surface area contributed by atoms with Crippen molar-refractivity contribution in [3.63, 3.8) is 0 Å². The summed E-state index contributed by atoms with van der Waals surface area (Å²) in [5.74, 6) is 2.61. The van der Waals surface area contributed by atoms with Gasteiger partial charge in [-0.3, -0.25) is 4.68 Å². The fourth-order valence-electron chi connectivity index (χ4n) is 5.09. The second-order valence-corrected chi connectivity index (χ2v) is 10.8. The van der Waals surface area contributed by atoms with Crippen LogP contribution in [0.1, 0.15) is 52.8 Å². The highest BCUT2D eigenvalue weighted by Crippen LogP contribution is 2.42. The first kappa shape index (κ1) is 21.1. The molecule has 2 N–H and O–H groups in total. The Balaban J connectivity index is 1.35. The third-order valence-electron chi connectivity index (χ3n) is 6.61. The number of thioether (sulfide) groups is 1. The minimum absolute atomic E-state index is 0.113. The van der Waals surface area contributed by atoms with E-state index in [4.69, 9.17) is 9.97 Å². The van der Waals surface area contributed by atoms with Gasteiger partial charge in [-0.2, -0.15) is 5.10 Å². The number of nitrogens with one attached hydrogen (secondary N) is 1. The standard InChI is InChI=1S/C25H27N5OS2/c31-13-12-30-20-10-5-9-19(18(20)14-26-30)27-24-23-17-8-4-11-21(17)33-25(23)29-22(28-24)15-32-16-6-2-1-3-7-16/h1-3,6-7,14,19,31H,4-5,8-13,15H2,(H,27,28,29)/t19-/m1/s1. The van der Waals surface area contributed by atoms with Crippen LogP contribution in [0.3, 0.4) is 0 Å². The number of benzene rings is 1. The number of hydrogen-bond acceptors (Lipinski definition) is 7. The molecule has 3 aromatic heterocycles. The molecule has 0 saturated heterocycles. The summed E-state index contributed by atoms with van der Waals surface area (Å²) in [6, 6.07) is 10.6. The van der Waals surface area contributed by atoms with E-state index in [0.717, 1.165) is 54.3 Å². The summed E-state index contributed by atoms with van der Waals surface area (Å²) in [4.78, 5) is 13.9. The Morgan fingerprint density at radius 1 is 1.12 bits per heavy atom. The van der Waals surface area contributed by atoms with Crippen LogP contribution in [0.2, 0.25) is 0 Å². The Kier molecular flexibility index (Phi) is 5.82. The van der Waals surface area contributed by atoms with Gasteiger partial charge in [-0.25, -0.2) is 9.97 Å². The zero-order chi connectivity index (χ0) is 22.2. The Labute approximate surface area is 201 Å². The highest BCUT2D eigenvalue weighted by molar-refractivity contribution is 7.98. The van der Waals surface area contributed by atoms with Gasteiger partial charge in [-0.05, 0) is 56.2 Å². The van der Waals surface area contributed by atoms with Crippen molar-refractivity contribution in [3.8, 4) is 0 Å². The summed E-state index contributed by atoms with van der Waals surface area (Å²) < 4.78 is 1.96. The van der Waals surface area contributed by atoms with E-state index < -0.39 is 0 Å². The smallest absolute Gasteiger partial charge is 0.142 e. The van der Waals surface area contributed by atoms with Crippen LogP contribution in [-0.4, -0.2) is 31.5 Å². The molecular formula is C25H27N5OS2. The molecule has 0 spiro atoms. The van der Waals surface area contributed by atoms with Crippen molar-refractivity contribution in [1.29, 1.82) is 0 Å². The molecule has 170 valence electrons. The monoisotopic (exact) mass is 477 g/mol. The largest absolute Gasteiger partial charge is 0.394 e. The Bertz CT molecular complexity index is 1280. The molecule has 0 unspecified atom stereocenters. The summed E-state index contributed by atoms with van der Waals surface area (Å²) in [5.41, 5.74) is 3.94. The molecule has 1 atom stereocenters. The molecule has 1 aromatic carbocycles. The number of aryl methyl sites for hydroxylation is 2. The summed E-state index contributed by atoms with van der Waals surface area (Å²) in [6.07, 6.45) is 8.66. The van der Waals surface area contributed by atoms with E-state index in [0.29, 0.717) is 6.54 Å². The number of thiophene rings is 1. The first-order chi connectivity index (χ1) is 16.3. The second kappa shape index (κ2) is 9.08. The predicted molar refractivity (Wildman–Crippen MR) is 134 cm³/mol. The van der Waals surface area contributed by atoms with E-state index in [-0.39, 0.29) is 12.6 Å². The maximum absolute atomic E-state index is 9.39. The number of nitrogens with zero attached hydrogens (tertiary/aromatic N) is 4. The van der Waals surface area contributed by atoms with Crippen LogP contribution in [-0.2, 0) is 31.6 Å². The van der Waals surface area contributed by atoms with Crippen LogP contribution >= 0.6 is 23.1 Å². The van der Waals surface area contributed by atoms with Crippen molar-refractivity contribution in [1.82, 2.24) is 19.7 Å². The SMILES string of the molecule is OCCn1ncc2c1CCC[C@H]2Nc1nc(CSc2ccccc2)nc2sc3c(c12)CCC3. The van der Waals surface area contributed by atoms with Gasteiger partial charge >= 0.3 is 0 Å². The molecule has 6 rings (SSSR count). The van der Waals surface area contributed by atoms with Gasteiger partial charge in [0.1, 0.15) is 16.5 Å². The highest BCUT2D eigenvalue weighted by atomic mass is 32.2. The van der Waals surface area contributed by atoms with Crippen LogP contribution in [0, 0.1) is 0 Å². The summed E-state index contributed by atoms with van der Waals surface area (Å²) in [6.45, 7) is 0.668. The lowest BCUT2D eigenvalue weighted by atomic mass is 9.93. The minimum atomic E-state index is 0.113. The number of aromatic nitrogens is 4. The topological polar surface area (TPSA) is 75.9 Å². The molecule has 0 bridgehead atoms. The van der Waals surface area contributed by atoms with Crippen molar-refractivity contribution in [2.24, 2.45) is 0 Å². The molecule has 8 heteroatoms. The van der Waals surface area contributed by atoms with Gasteiger partial charge in [0.15, 0.2) is 0 Å². The molecule has 6 nitrogen and oxygen atoms in total. The molecule has 33 heavy (non-hydrogen) atoms. The Morgan fingerprint density at radius 2 is 2.03 bits per heavy atom. The lowest BCUT2D eigenvalue weighted by Gasteiger charge is -2.25. The minimum Gasteiger partial charge on any atom is -0.394 e. The molecule has 0 fully saturated rings. The number of fused-ring (bicyclic) bond motifs is 4. The number of anilines is 1. The lowest BCUT2D eigenvalue weighted by Crippen LogP contribution is -2.20. The Morgan fingerprint density at radius 3 is 2.91 bits per heavy atom. The van der Waals surface area contributed by atoms with Gasteiger partial charge in [0.25, 0.3) is 0 Å². The average molecular weight is 478 g/mol. The number of hydrogen-bond donors (Lipinski definition) is 2. The maximum atomic E-state index is 9.39. The van der Waals surface area contributed by atoms with Crippen LogP contribution < -0.4 is 5.32 Å². The second-order valence-electron chi connectivity index (χ2n) is 8.71. The van der Waals surface area contributed by atoms with E-state index in [1.165, 1.54) is 38.4 Å². The maximum Gasteiger partial charge on any atom is 0.142 e. The summed E-state index contributed by atoms with van der Waals surface area (Å²) in [5, 5.41) is 19.0. The molecule has 0 saturated carbocycles. The average Bonchev–Trinajstić information content (AvgIpc) is 3.54. The van der Waals surface area contributed by atoms with Gasteiger partial charge in [0.2, 0.25) is 0 Å². The van der Waals surface area contributed by atoms with Gasteiger partial charge in [-0.15, -0.1) is 23.1 Å². The molecule has 2 aliphatic carbocycles. The number of aliphatic hydroxyl groups excluding tert-OH is 1. The first-order valence-corrected chi connectivity index (χ1v) is 13.5. The summed E-state index contributed by atoms with van der Waals surface area (Å²) >= 11 is 3.63. The van der Waals surface area contributed by atoms with E-state index in [1.807, 2.05) is 28.3 Å². The zero-order valence-electron chi connectivity index (χ0n) is 18.5. The van der Waals surface area contributed by atoms with Crippen molar-refractivity contribution in [3.05, 3.63) is 64.1 Å². The zero-order valence-corrected chi connectivity index (χ0v) is 20.1. The van der Waals surface area contributed by atoms with Crippen molar-refractivity contribution in [2.45, 2.75) is 61.8 Å². The number of aliphatic hydroxyl groups is 1. The van der Waals surface area contributed by atoms with Crippen molar-refractivity contribution < 1.29 is 5.11 Å². The lowest BCUT2D eigenvalue weighted by molar-refractivity contribution is 0.266. The molecule has 3 heterocycles. The van der Waals surface area contributed by atoms with Crippen molar-refractivity contribution in [2.75, 3.05) is 11.9 Å². The van der Waals surface area contributed by atoms with Gasteiger partial charge in [-0.1, -0.05) is 18.2 Å². The molecule has 0 radical (unpaired) electrons. The molecule has 0 amide bonds. The highest BCUT2D eigenvalue weighted by Gasteiger charge is 2.27. The third-order valence-corrected chi connectivity index (χ3v) is 8.80. The van der Waals surface area contributed by atoms with E-state index in [1.54, 1.807) is 11.8 Å². The van der Waals surface area contributed by atoms with Gasteiger partial charge in [0, 0.05) is 21.0 Å². The normalized spacial score (nSPS) is 17.3. The first-order valence-electron chi connectivity index (χ1n) is 11.7. The summed E-state index contributed by atoms with van der Waals surface area (Å²) in [7, 11) is 0. The van der Waals surface area contributed by atoms with Gasteiger partial charge in [0.05, 0.1) is 36.5 Å². The number of rotatable bonds is 7. The third kappa shape index (κ3) is 4.05. The van der Waals surface area contributed by atoms with Crippen LogP contribution in [0.15, 0.2) is 41.4 Å². The molecule has 0 aliphatic heterocycles. The fourth-order valence-corrected chi connectivity index (χ4v) is 7.15.